The van der Waals surface area contributed by atoms with E-state index >= 15 is 0 Å². The summed E-state index contributed by atoms with van der Waals surface area (Å²) in [7, 11) is 0. The average Bonchev–Trinajstić information content (AvgIpc) is 2.58. The molecule has 1 N–H and O–H groups in total. The van der Waals surface area contributed by atoms with E-state index in [4.69, 9.17) is 4.74 Å². The number of hydrogen-bond acceptors (Lipinski definition) is 3. The summed E-state index contributed by atoms with van der Waals surface area (Å²) < 4.78 is 5.86. The molecule has 23 heavy (non-hydrogen) atoms. The number of ether oxygens (including phenoxy) is 1. The van der Waals surface area contributed by atoms with E-state index in [0.717, 1.165) is 44.6 Å². The summed E-state index contributed by atoms with van der Waals surface area (Å²) in [6.07, 6.45) is 4.47. The molecule has 1 amide bonds. The predicted molar refractivity (Wildman–Crippen MR) is 91.8 cm³/mol. The van der Waals surface area contributed by atoms with Crippen LogP contribution in [0.15, 0.2) is 24.3 Å². The quantitative estimate of drug-likeness (QED) is 0.908. The third-order valence-electron chi connectivity index (χ3n) is 5.59. The molecule has 0 aliphatic carbocycles. The maximum Gasteiger partial charge on any atom is 0.260 e. The first-order chi connectivity index (χ1) is 11.1. The Labute approximate surface area is 139 Å². The highest BCUT2D eigenvalue weighted by atomic mass is 16.5. The summed E-state index contributed by atoms with van der Waals surface area (Å²) >= 11 is 0. The largest absolute Gasteiger partial charge is 0.483 e. The van der Waals surface area contributed by atoms with Gasteiger partial charge in [0.05, 0.1) is 0 Å². The number of likely N-dealkylation sites (tertiary alicyclic amines) is 1. The van der Waals surface area contributed by atoms with Gasteiger partial charge in [0.1, 0.15) is 5.75 Å². The Morgan fingerprint density at radius 2 is 2.00 bits per heavy atom. The van der Waals surface area contributed by atoms with Crippen LogP contribution in [0, 0.1) is 0 Å². The summed E-state index contributed by atoms with van der Waals surface area (Å²) in [5.41, 5.74) is 1.53. The third-order valence-corrected chi connectivity index (χ3v) is 5.59. The van der Waals surface area contributed by atoms with E-state index in [-0.39, 0.29) is 12.5 Å². The Balaban J connectivity index is 1.53. The van der Waals surface area contributed by atoms with E-state index in [1.807, 2.05) is 23.1 Å². The lowest BCUT2D eigenvalue weighted by atomic mass is 9.79. The molecule has 1 unspecified atom stereocenters. The Bertz CT molecular complexity index is 544. The van der Waals surface area contributed by atoms with Gasteiger partial charge < -0.3 is 15.0 Å². The number of piperidine rings is 1. The first-order valence-corrected chi connectivity index (χ1v) is 8.88. The number of carbonyl (C=O) groups is 1. The highest BCUT2D eigenvalue weighted by Gasteiger charge is 2.40. The van der Waals surface area contributed by atoms with Gasteiger partial charge in [-0.3, -0.25) is 4.79 Å². The van der Waals surface area contributed by atoms with Gasteiger partial charge in [0, 0.05) is 18.6 Å². The molecule has 2 heterocycles. The van der Waals surface area contributed by atoms with Gasteiger partial charge in [-0.1, -0.05) is 32.0 Å². The van der Waals surface area contributed by atoms with Crippen molar-refractivity contribution in [3.63, 3.8) is 0 Å². The molecule has 2 fully saturated rings. The molecule has 0 saturated carbocycles. The zero-order valence-electron chi connectivity index (χ0n) is 14.3. The summed E-state index contributed by atoms with van der Waals surface area (Å²) in [5.74, 6) is 1.41. The Morgan fingerprint density at radius 3 is 2.61 bits per heavy atom. The Kier molecular flexibility index (Phi) is 4.90. The smallest absolute Gasteiger partial charge is 0.260 e. The van der Waals surface area contributed by atoms with Crippen molar-refractivity contribution in [3.8, 4) is 5.75 Å². The minimum absolute atomic E-state index is 0.109. The van der Waals surface area contributed by atoms with E-state index < -0.39 is 0 Å². The maximum absolute atomic E-state index is 12.4. The van der Waals surface area contributed by atoms with Crippen molar-refractivity contribution in [2.24, 2.45) is 0 Å². The molecule has 0 radical (unpaired) electrons. The van der Waals surface area contributed by atoms with Crippen molar-refractivity contribution in [2.75, 3.05) is 26.2 Å². The minimum Gasteiger partial charge on any atom is -0.483 e. The van der Waals surface area contributed by atoms with E-state index in [0.29, 0.717) is 11.5 Å². The van der Waals surface area contributed by atoms with Crippen molar-refractivity contribution in [2.45, 2.75) is 51.0 Å². The number of nitrogens with zero attached hydrogens (tertiary/aromatic N) is 1. The zero-order chi connectivity index (χ0) is 16.3. The number of benzene rings is 1. The highest BCUT2D eigenvalue weighted by Crippen LogP contribution is 2.31. The Morgan fingerprint density at radius 1 is 1.30 bits per heavy atom. The first kappa shape index (κ1) is 16.3. The molecular weight excluding hydrogens is 288 g/mol. The zero-order valence-corrected chi connectivity index (χ0v) is 14.3. The lowest BCUT2D eigenvalue weighted by molar-refractivity contribution is -0.135. The van der Waals surface area contributed by atoms with E-state index in [1.165, 1.54) is 12.0 Å². The summed E-state index contributed by atoms with van der Waals surface area (Å²) in [6.45, 7) is 7.34. The predicted octanol–water partition coefficient (Wildman–Crippen LogP) is 2.93. The van der Waals surface area contributed by atoms with Crippen LogP contribution in [-0.2, 0) is 4.79 Å². The summed E-state index contributed by atoms with van der Waals surface area (Å²) in [5, 5.41) is 3.54. The molecular formula is C19H28N2O2. The van der Waals surface area contributed by atoms with Gasteiger partial charge >= 0.3 is 0 Å². The van der Waals surface area contributed by atoms with Crippen LogP contribution in [0.4, 0.5) is 0 Å². The standard InChI is InChI=1S/C19H28N2O2/c1-3-15(2)16-6-4-5-7-17(16)23-14-18(22)21-12-9-19(10-13-21)8-11-20-19/h4-7,15,20H,3,8-14H2,1-2H3. The molecule has 1 atom stereocenters. The van der Waals surface area contributed by atoms with Crippen LogP contribution < -0.4 is 10.1 Å². The summed E-state index contributed by atoms with van der Waals surface area (Å²) in [4.78, 5) is 14.4. The second kappa shape index (κ2) is 6.91. The topological polar surface area (TPSA) is 41.6 Å². The lowest BCUT2D eigenvalue weighted by Crippen LogP contribution is -2.62. The second-order valence-corrected chi connectivity index (χ2v) is 6.97. The van der Waals surface area contributed by atoms with Crippen molar-refractivity contribution in [3.05, 3.63) is 29.8 Å². The molecule has 0 bridgehead atoms. The van der Waals surface area contributed by atoms with Gasteiger partial charge in [0.25, 0.3) is 5.91 Å². The van der Waals surface area contributed by atoms with Crippen LogP contribution in [0.3, 0.4) is 0 Å². The van der Waals surface area contributed by atoms with Crippen LogP contribution in [0.5, 0.6) is 5.75 Å². The van der Waals surface area contributed by atoms with Gasteiger partial charge in [-0.2, -0.15) is 0 Å². The molecule has 3 rings (SSSR count). The lowest BCUT2D eigenvalue weighted by Gasteiger charge is -2.48. The molecule has 0 aromatic heterocycles. The fourth-order valence-corrected chi connectivity index (χ4v) is 3.56. The maximum atomic E-state index is 12.4. The number of para-hydroxylation sites is 1. The molecule has 1 spiro atoms. The number of carbonyl (C=O) groups excluding carboxylic acids is 1. The second-order valence-electron chi connectivity index (χ2n) is 6.97. The number of nitrogens with one attached hydrogen (secondary N) is 1. The number of amides is 1. The monoisotopic (exact) mass is 316 g/mol. The molecule has 1 aromatic rings. The fraction of sp³-hybridized carbons (Fsp3) is 0.632. The van der Waals surface area contributed by atoms with Crippen molar-refractivity contribution in [1.82, 2.24) is 10.2 Å². The van der Waals surface area contributed by atoms with Crippen LogP contribution in [0.1, 0.15) is 51.0 Å². The van der Waals surface area contributed by atoms with Gasteiger partial charge in [-0.25, -0.2) is 0 Å². The normalized spacial score (nSPS) is 20.9. The average molecular weight is 316 g/mol. The number of hydrogen-bond donors (Lipinski definition) is 1. The van der Waals surface area contributed by atoms with Gasteiger partial charge in [-0.05, 0) is 49.8 Å². The highest BCUT2D eigenvalue weighted by molar-refractivity contribution is 5.78. The van der Waals surface area contributed by atoms with Crippen molar-refractivity contribution in [1.29, 1.82) is 0 Å². The molecule has 4 heteroatoms. The molecule has 2 saturated heterocycles. The minimum atomic E-state index is 0.109. The Hall–Kier alpha value is -1.55. The van der Waals surface area contributed by atoms with Gasteiger partial charge in [-0.15, -0.1) is 0 Å². The molecule has 4 nitrogen and oxygen atoms in total. The van der Waals surface area contributed by atoms with Crippen molar-refractivity contribution < 1.29 is 9.53 Å². The molecule has 2 aliphatic rings. The van der Waals surface area contributed by atoms with E-state index in [9.17, 15) is 4.79 Å². The first-order valence-electron chi connectivity index (χ1n) is 8.88. The van der Waals surface area contributed by atoms with Gasteiger partial charge in [0.15, 0.2) is 6.61 Å². The SMILES string of the molecule is CCC(C)c1ccccc1OCC(=O)N1CCC2(CCN2)CC1. The number of rotatable bonds is 5. The van der Waals surface area contributed by atoms with Crippen LogP contribution in [0.25, 0.3) is 0 Å². The van der Waals surface area contributed by atoms with E-state index in [2.05, 4.69) is 25.2 Å². The molecule has 1 aromatic carbocycles. The van der Waals surface area contributed by atoms with Crippen LogP contribution in [0.2, 0.25) is 0 Å². The van der Waals surface area contributed by atoms with Crippen molar-refractivity contribution >= 4 is 5.91 Å². The molecule has 2 aliphatic heterocycles. The molecule has 126 valence electrons. The van der Waals surface area contributed by atoms with E-state index in [1.54, 1.807) is 0 Å². The van der Waals surface area contributed by atoms with Crippen LogP contribution in [-0.4, -0.2) is 42.6 Å². The summed E-state index contributed by atoms with van der Waals surface area (Å²) in [6, 6.07) is 8.07. The van der Waals surface area contributed by atoms with Gasteiger partial charge in [0.2, 0.25) is 0 Å². The third kappa shape index (κ3) is 3.52. The van der Waals surface area contributed by atoms with Crippen LogP contribution >= 0.6 is 0 Å². The fourth-order valence-electron chi connectivity index (χ4n) is 3.56.